The Balaban J connectivity index is 1.29. The van der Waals surface area contributed by atoms with Crippen molar-refractivity contribution in [3.05, 3.63) is 107 Å². The average Bonchev–Trinajstić information content (AvgIpc) is 2.89. The lowest BCUT2D eigenvalue weighted by molar-refractivity contribution is -0.136. The third kappa shape index (κ3) is 3.61. The van der Waals surface area contributed by atoms with E-state index in [2.05, 4.69) is 47.4 Å². The number of benzene rings is 3. The van der Waals surface area contributed by atoms with Crippen molar-refractivity contribution in [3.8, 4) is 0 Å². The molecule has 0 bridgehead atoms. The van der Waals surface area contributed by atoms with Crippen LogP contribution in [0.1, 0.15) is 44.6 Å². The van der Waals surface area contributed by atoms with Crippen LogP contribution in [0, 0.1) is 0 Å². The first-order valence-electron chi connectivity index (χ1n) is 12.2. The van der Waals surface area contributed by atoms with Crippen LogP contribution >= 0.6 is 0 Å². The zero-order chi connectivity index (χ0) is 23.1. The summed E-state index contributed by atoms with van der Waals surface area (Å²) >= 11 is 0. The van der Waals surface area contributed by atoms with Crippen molar-refractivity contribution in [1.82, 2.24) is 14.7 Å². The number of carbonyl (C=O) groups excluding carboxylic acids is 2. The summed E-state index contributed by atoms with van der Waals surface area (Å²) in [6.45, 7) is 4.72. The van der Waals surface area contributed by atoms with Gasteiger partial charge in [0.2, 0.25) is 5.91 Å². The highest BCUT2D eigenvalue weighted by Gasteiger charge is 2.47. The van der Waals surface area contributed by atoms with Gasteiger partial charge in [-0.3, -0.25) is 14.5 Å². The van der Waals surface area contributed by atoms with Gasteiger partial charge in [-0.1, -0.05) is 72.8 Å². The molecule has 34 heavy (non-hydrogen) atoms. The Morgan fingerprint density at radius 2 is 1.44 bits per heavy atom. The molecule has 5 nitrogen and oxygen atoms in total. The van der Waals surface area contributed by atoms with Gasteiger partial charge < -0.3 is 9.80 Å². The molecular formula is C29H29N3O2. The second-order valence-electron chi connectivity index (χ2n) is 9.54. The molecule has 3 heterocycles. The molecule has 6 rings (SSSR count). The van der Waals surface area contributed by atoms with Crippen molar-refractivity contribution in [2.24, 2.45) is 0 Å². The van der Waals surface area contributed by atoms with Crippen molar-refractivity contribution < 1.29 is 9.59 Å². The predicted octanol–water partition coefficient (Wildman–Crippen LogP) is 3.87. The topological polar surface area (TPSA) is 43.9 Å². The molecule has 1 saturated heterocycles. The van der Waals surface area contributed by atoms with Gasteiger partial charge in [0.05, 0.1) is 12.0 Å². The lowest BCUT2D eigenvalue weighted by Crippen LogP contribution is -2.54. The molecule has 5 heteroatoms. The van der Waals surface area contributed by atoms with Crippen LogP contribution in [0.4, 0.5) is 0 Å². The largest absolute Gasteiger partial charge is 0.340 e. The zero-order valence-electron chi connectivity index (χ0n) is 19.3. The number of hydrogen-bond donors (Lipinski definition) is 0. The Hall–Kier alpha value is -3.44. The van der Waals surface area contributed by atoms with Crippen LogP contribution < -0.4 is 0 Å². The van der Waals surface area contributed by atoms with Crippen molar-refractivity contribution in [2.45, 2.75) is 24.9 Å². The standard InChI is InChI=1S/C29H29N3O2/c33-28-25-13-7-6-12-24(25)26(27-23-11-5-4-10-22(23)14-15-32(27)28)29(34)31-18-16-30(17-19-31)20-21-8-2-1-3-9-21/h1-13,26-27H,14-20H2/t26-,27-/m1/s1. The quantitative estimate of drug-likeness (QED) is 0.607. The summed E-state index contributed by atoms with van der Waals surface area (Å²) in [4.78, 5) is 33.9. The van der Waals surface area contributed by atoms with E-state index in [0.29, 0.717) is 25.2 Å². The maximum absolute atomic E-state index is 14.1. The van der Waals surface area contributed by atoms with Crippen molar-refractivity contribution >= 4 is 11.8 Å². The van der Waals surface area contributed by atoms with Gasteiger partial charge in [-0.15, -0.1) is 0 Å². The lowest BCUT2D eigenvalue weighted by Gasteiger charge is -2.47. The molecule has 0 unspecified atom stereocenters. The Bertz CT molecular complexity index is 1220. The predicted molar refractivity (Wildman–Crippen MR) is 131 cm³/mol. The summed E-state index contributed by atoms with van der Waals surface area (Å²) in [6, 6.07) is 26.3. The number of nitrogens with zero attached hydrogens (tertiary/aromatic N) is 3. The van der Waals surface area contributed by atoms with E-state index in [-0.39, 0.29) is 23.8 Å². The summed E-state index contributed by atoms with van der Waals surface area (Å²) in [6.07, 6.45) is 0.833. The molecule has 0 radical (unpaired) electrons. The summed E-state index contributed by atoms with van der Waals surface area (Å²) in [5, 5.41) is 0. The summed E-state index contributed by atoms with van der Waals surface area (Å²) in [5.74, 6) is -0.172. The summed E-state index contributed by atoms with van der Waals surface area (Å²) in [7, 11) is 0. The second-order valence-corrected chi connectivity index (χ2v) is 9.54. The molecule has 0 N–H and O–H groups in total. The van der Waals surface area contributed by atoms with Crippen LogP contribution in [0.25, 0.3) is 0 Å². The third-order valence-electron chi connectivity index (χ3n) is 7.63. The summed E-state index contributed by atoms with van der Waals surface area (Å²) in [5.41, 5.74) is 5.23. The van der Waals surface area contributed by atoms with Gasteiger partial charge in [0.15, 0.2) is 0 Å². The van der Waals surface area contributed by atoms with Crippen LogP contribution in [0.3, 0.4) is 0 Å². The highest BCUT2D eigenvalue weighted by atomic mass is 16.2. The SMILES string of the molecule is O=C([C@@H]1c2ccccc2C(=O)N2CCc3ccccc3[C@H]12)N1CCN(Cc2ccccc2)CC1. The van der Waals surface area contributed by atoms with E-state index >= 15 is 0 Å². The van der Waals surface area contributed by atoms with Gasteiger partial charge in [-0.05, 0) is 34.7 Å². The van der Waals surface area contributed by atoms with E-state index in [0.717, 1.165) is 37.2 Å². The number of piperazine rings is 1. The number of fused-ring (bicyclic) bond motifs is 4. The van der Waals surface area contributed by atoms with E-state index in [1.807, 2.05) is 46.2 Å². The highest BCUT2D eigenvalue weighted by molar-refractivity contribution is 6.01. The third-order valence-corrected chi connectivity index (χ3v) is 7.63. The molecule has 172 valence electrons. The minimum atomic E-state index is -0.365. The van der Waals surface area contributed by atoms with Crippen molar-refractivity contribution in [2.75, 3.05) is 32.7 Å². The number of carbonyl (C=O) groups is 2. The van der Waals surface area contributed by atoms with Crippen LogP contribution in [-0.2, 0) is 17.8 Å². The minimum absolute atomic E-state index is 0.0480. The van der Waals surface area contributed by atoms with Gasteiger partial charge >= 0.3 is 0 Å². The molecule has 0 aromatic heterocycles. The van der Waals surface area contributed by atoms with Gasteiger partial charge in [-0.25, -0.2) is 0 Å². The Morgan fingerprint density at radius 3 is 2.24 bits per heavy atom. The fourth-order valence-electron chi connectivity index (χ4n) is 5.91. The van der Waals surface area contributed by atoms with Crippen molar-refractivity contribution in [3.63, 3.8) is 0 Å². The van der Waals surface area contributed by atoms with Gasteiger partial charge in [0, 0.05) is 44.8 Å². The molecule has 0 saturated carbocycles. The monoisotopic (exact) mass is 451 g/mol. The molecule has 0 spiro atoms. The van der Waals surface area contributed by atoms with E-state index < -0.39 is 0 Å². The van der Waals surface area contributed by atoms with Crippen LogP contribution in [-0.4, -0.2) is 59.2 Å². The van der Waals surface area contributed by atoms with Gasteiger partial charge in [-0.2, -0.15) is 0 Å². The van der Waals surface area contributed by atoms with E-state index in [4.69, 9.17) is 0 Å². The van der Waals surface area contributed by atoms with Crippen molar-refractivity contribution in [1.29, 1.82) is 0 Å². The van der Waals surface area contributed by atoms with E-state index in [1.54, 1.807) is 0 Å². The first-order chi connectivity index (χ1) is 16.7. The first kappa shape index (κ1) is 21.1. The molecule has 2 amide bonds. The highest BCUT2D eigenvalue weighted by Crippen LogP contribution is 2.46. The molecule has 1 fully saturated rings. The molecule has 3 aliphatic rings. The molecule has 0 aliphatic carbocycles. The maximum Gasteiger partial charge on any atom is 0.254 e. The molecular weight excluding hydrogens is 422 g/mol. The van der Waals surface area contributed by atoms with Crippen LogP contribution in [0.15, 0.2) is 78.9 Å². The molecule has 3 aliphatic heterocycles. The van der Waals surface area contributed by atoms with E-state index in [1.165, 1.54) is 11.1 Å². The number of hydrogen-bond acceptors (Lipinski definition) is 3. The zero-order valence-corrected chi connectivity index (χ0v) is 19.3. The Kier molecular flexibility index (Phi) is 5.42. The lowest BCUT2D eigenvalue weighted by atomic mass is 9.75. The second kappa shape index (κ2) is 8.73. The van der Waals surface area contributed by atoms with Crippen LogP contribution in [0.5, 0.6) is 0 Å². The fourth-order valence-corrected chi connectivity index (χ4v) is 5.91. The molecule has 3 aromatic rings. The van der Waals surface area contributed by atoms with Gasteiger partial charge in [0.25, 0.3) is 5.91 Å². The maximum atomic E-state index is 14.1. The molecule has 3 aromatic carbocycles. The average molecular weight is 452 g/mol. The normalized spacial score (nSPS) is 22.1. The number of amides is 2. The Morgan fingerprint density at radius 1 is 0.765 bits per heavy atom. The first-order valence-corrected chi connectivity index (χ1v) is 12.2. The molecule has 2 atom stereocenters. The van der Waals surface area contributed by atoms with Gasteiger partial charge in [0.1, 0.15) is 0 Å². The number of rotatable bonds is 3. The smallest absolute Gasteiger partial charge is 0.254 e. The Labute approximate surface area is 200 Å². The van der Waals surface area contributed by atoms with Crippen LogP contribution in [0.2, 0.25) is 0 Å². The summed E-state index contributed by atoms with van der Waals surface area (Å²) < 4.78 is 0. The minimum Gasteiger partial charge on any atom is -0.340 e. The van der Waals surface area contributed by atoms with E-state index in [9.17, 15) is 9.59 Å². The fraction of sp³-hybridized carbons (Fsp3) is 0.310.